The average molecular weight is 272 g/mol. The van der Waals surface area contributed by atoms with E-state index in [1.165, 1.54) is 11.6 Å². The highest BCUT2D eigenvalue weighted by Gasteiger charge is 2.00. The van der Waals surface area contributed by atoms with Crippen LogP contribution in [0.2, 0.25) is 0 Å². The Balaban J connectivity index is 1.87. The Hall–Kier alpha value is -2.23. The van der Waals surface area contributed by atoms with Crippen LogP contribution in [0.5, 0.6) is 5.75 Å². The van der Waals surface area contributed by atoms with Crippen LogP contribution in [0.1, 0.15) is 17.5 Å². The van der Waals surface area contributed by atoms with E-state index in [2.05, 4.69) is 13.0 Å². The van der Waals surface area contributed by atoms with Crippen LogP contribution in [0.3, 0.4) is 0 Å². The Morgan fingerprint density at radius 1 is 1.20 bits per heavy atom. The van der Waals surface area contributed by atoms with Crippen molar-refractivity contribution < 1.29 is 4.74 Å². The summed E-state index contributed by atoms with van der Waals surface area (Å²) in [4.78, 5) is 11.6. The molecule has 1 aromatic carbocycles. The molecule has 0 spiro atoms. The summed E-state index contributed by atoms with van der Waals surface area (Å²) < 4.78 is 7.35. The van der Waals surface area contributed by atoms with Crippen LogP contribution >= 0.6 is 0 Å². The molecule has 2 aromatic rings. The fraction of sp³-hybridized carbons (Fsp3) is 0.312. The number of rotatable bonds is 5. The van der Waals surface area contributed by atoms with Gasteiger partial charge in [-0.05, 0) is 38.0 Å². The number of ether oxygens (including phenoxy) is 1. The number of aryl methyl sites for hydroxylation is 3. The molecule has 0 fully saturated rings. The summed E-state index contributed by atoms with van der Waals surface area (Å²) in [6.07, 6.45) is 2.43. The molecule has 0 saturated heterocycles. The highest BCUT2D eigenvalue weighted by Crippen LogP contribution is 2.18. The lowest BCUT2D eigenvalue weighted by molar-refractivity contribution is 0.299. The predicted octanol–water partition coefficient (Wildman–Crippen LogP) is 2.52. The van der Waals surface area contributed by atoms with Gasteiger partial charge in [-0.2, -0.15) is 0 Å². The van der Waals surface area contributed by atoms with Gasteiger partial charge in [0.2, 0.25) is 0 Å². The van der Waals surface area contributed by atoms with E-state index in [9.17, 15) is 4.79 Å². The molecule has 0 aliphatic carbocycles. The fourth-order valence-corrected chi connectivity index (χ4v) is 2.10. The maximum Gasteiger partial charge on any atom is 0.250 e. The summed E-state index contributed by atoms with van der Waals surface area (Å²) in [5.74, 6) is 0.899. The summed E-state index contributed by atoms with van der Waals surface area (Å²) in [6.45, 7) is 5.27. The van der Waals surface area contributed by atoms with Gasteiger partial charge in [0.15, 0.2) is 0 Å². The number of benzene rings is 1. The molecule has 20 heavy (non-hydrogen) atoms. The van der Waals surface area contributed by atoms with Gasteiger partial charge in [0, 0.05) is 24.5 Å². The highest BCUT2D eigenvalue weighted by molar-refractivity contribution is 5.35. The molecular formula is C16H20N2O2. The summed E-state index contributed by atoms with van der Waals surface area (Å²) >= 11 is 0. The number of pyridine rings is 1. The number of nitrogens with zero attached hydrogens (tertiary/aromatic N) is 1. The molecule has 106 valence electrons. The monoisotopic (exact) mass is 272 g/mol. The maximum absolute atomic E-state index is 11.6. The molecule has 2 rings (SSSR count). The minimum absolute atomic E-state index is 0.0364. The molecule has 0 amide bonds. The molecule has 0 aliphatic rings. The first-order valence-corrected chi connectivity index (χ1v) is 6.72. The van der Waals surface area contributed by atoms with Crippen molar-refractivity contribution >= 4 is 5.69 Å². The van der Waals surface area contributed by atoms with E-state index in [-0.39, 0.29) is 5.56 Å². The Morgan fingerprint density at radius 2 is 2.00 bits per heavy atom. The van der Waals surface area contributed by atoms with Crippen molar-refractivity contribution in [2.45, 2.75) is 26.8 Å². The van der Waals surface area contributed by atoms with Gasteiger partial charge in [-0.1, -0.05) is 17.7 Å². The van der Waals surface area contributed by atoms with Gasteiger partial charge in [0.1, 0.15) is 5.75 Å². The lowest BCUT2D eigenvalue weighted by Crippen LogP contribution is -2.20. The SMILES string of the molecule is Cc1ccc(OCCCn2cc(N)ccc2=O)c(C)c1. The second kappa shape index (κ2) is 6.28. The van der Waals surface area contributed by atoms with Crippen molar-refractivity contribution in [1.82, 2.24) is 4.57 Å². The maximum atomic E-state index is 11.6. The van der Waals surface area contributed by atoms with E-state index in [4.69, 9.17) is 10.5 Å². The number of hydrogen-bond donors (Lipinski definition) is 1. The van der Waals surface area contributed by atoms with Crippen LogP contribution in [0.25, 0.3) is 0 Å². The first kappa shape index (κ1) is 14.2. The van der Waals surface area contributed by atoms with Crippen LogP contribution in [0.4, 0.5) is 5.69 Å². The van der Waals surface area contributed by atoms with Gasteiger partial charge >= 0.3 is 0 Å². The second-order valence-electron chi connectivity index (χ2n) is 4.97. The zero-order chi connectivity index (χ0) is 14.5. The van der Waals surface area contributed by atoms with Crippen LogP contribution in [0.15, 0.2) is 41.3 Å². The molecular weight excluding hydrogens is 252 g/mol. The van der Waals surface area contributed by atoms with E-state index in [0.29, 0.717) is 18.8 Å². The molecule has 1 aromatic heterocycles. The van der Waals surface area contributed by atoms with Crippen molar-refractivity contribution in [1.29, 1.82) is 0 Å². The minimum Gasteiger partial charge on any atom is -0.493 e. The topological polar surface area (TPSA) is 57.2 Å². The zero-order valence-electron chi connectivity index (χ0n) is 11.9. The Labute approximate surface area is 118 Å². The van der Waals surface area contributed by atoms with E-state index in [1.807, 2.05) is 19.1 Å². The third-order valence-corrected chi connectivity index (χ3v) is 3.14. The molecule has 4 heteroatoms. The lowest BCUT2D eigenvalue weighted by atomic mass is 10.1. The van der Waals surface area contributed by atoms with Crippen LogP contribution in [-0.2, 0) is 6.54 Å². The fourth-order valence-electron chi connectivity index (χ4n) is 2.10. The minimum atomic E-state index is -0.0364. The predicted molar refractivity (Wildman–Crippen MR) is 81.1 cm³/mol. The van der Waals surface area contributed by atoms with Gasteiger partial charge in [-0.15, -0.1) is 0 Å². The Morgan fingerprint density at radius 3 is 2.75 bits per heavy atom. The highest BCUT2D eigenvalue weighted by atomic mass is 16.5. The molecule has 4 nitrogen and oxygen atoms in total. The zero-order valence-corrected chi connectivity index (χ0v) is 11.9. The smallest absolute Gasteiger partial charge is 0.250 e. The van der Waals surface area contributed by atoms with Gasteiger partial charge in [-0.3, -0.25) is 4.79 Å². The number of aromatic nitrogens is 1. The summed E-state index contributed by atoms with van der Waals surface area (Å²) in [6, 6.07) is 9.21. The van der Waals surface area contributed by atoms with E-state index in [1.54, 1.807) is 16.8 Å². The summed E-state index contributed by atoms with van der Waals surface area (Å²) in [7, 11) is 0. The molecule has 0 aliphatic heterocycles. The summed E-state index contributed by atoms with van der Waals surface area (Å²) in [5, 5.41) is 0. The van der Waals surface area contributed by atoms with Gasteiger partial charge in [0.25, 0.3) is 5.56 Å². The van der Waals surface area contributed by atoms with Gasteiger partial charge in [0.05, 0.1) is 6.61 Å². The van der Waals surface area contributed by atoms with Gasteiger partial charge in [-0.25, -0.2) is 0 Å². The van der Waals surface area contributed by atoms with Crippen molar-refractivity contribution in [2.75, 3.05) is 12.3 Å². The molecule has 2 N–H and O–H groups in total. The van der Waals surface area contributed by atoms with E-state index in [0.717, 1.165) is 17.7 Å². The first-order valence-electron chi connectivity index (χ1n) is 6.72. The molecule has 0 unspecified atom stereocenters. The van der Waals surface area contributed by atoms with E-state index < -0.39 is 0 Å². The van der Waals surface area contributed by atoms with Crippen LogP contribution < -0.4 is 16.0 Å². The third-order valence-electron chi connectivity index (χ3n) is 3.14. The molecule has 0 atom stereocenters. The number of nitrogens with two attached hydrogens (primary N) is 1. The second-order valence-corrected chi connectivity index (χ2v) is 4.97. The quantitative estimate of drug-likeness (QED) is 0.851. The van der Waals surface area contributed by atoms with Crippen molar-refractivity contribution in [3.05, 3.63) is 58.0 Å². The van der Waals surface area contributed by atoms with Crippen LogP contribution in [0, 0.1) is 13.8 Å². The lowest BCUT2D eigenvalue weighted by Gasteiger charge is -2.10. The average Bonchev–Trinajstić information content (AvgIpc) is 2.40. The van der Waals surface area contributed by atoms with E-state index >= 15 is 0 Å². The van der Waals surface area contributed by atoms with Gasteiger partial charge < -0.3 is 15.0 Å². The molecule has 1 heterocycles. The van der Waals surface area contributed by atoms with Crippen molar-refractivity contribution in [3.8, 4) is 5.75 Å². The molecule has 0 bridgehead atoms. The largest absolute Gasteiger partial charge is 0.493 e. The van der Waals surface area contributed by atoms with Crippen molar-refractivity contribution in [2.24, 2.45) is 0 Å². The van der Waals surface area contributed by atoms with Crippen molar-refractivity contribution in [3.63, 3.8) is 0 Å². The number of hydrogen-bond acceptors (Lipinski definition) is 3. The first-order chi connectivity index (χ1) is 9.56. The standard InChI is InChI=1S/C16H20N2O2/c1-12-4-6-15(13(2)10-12)20-9-3-8-18-11-14(17)5-7-16(18)19/h4-7,10-11H,3,8-9,17H2,1-2H3. The molecule has 0 saturated carbocycles. The summed E-state index contributed by atoms with van der Waals surface area (Å²) in [5.41, 5.74) is 8.58. The Kier molecular flexibility index (Phi) is 4.45. The number of nitrogen functional groups attached to an aromatic ring is 1. The third kappa shape index (κ3) is 3.63. The molecule has 0 radical (unpaired) electrons. The Bertz CT molecular complexity index is 647. The number of anilines is 1. The normalized spacial score (nSPS) is 10.5. The van der Waals surface area contributed by atoms with Crippen LogP contribution in [-0.4, -0.2) is 11.2 Å².